The molecule has 0 aliphatic rings. The van der Waals surface area contributed by atoms with Gasteiger partial charge in [0.2, 0.25) is 0 Å². The second-order valence-corrected chi connectivity index (χ2v) is 6.05. The topological polar surface area (TPSA) is 12.0 Å². The minimum absolute atomic E-state index is 0.283. The molecule has 0 bridgehead atoms. The number of hydrogen-bond acceptors (Lipinski definition) is 1. The third-order valence-corrected chi connectivity index (χ3v) is 4.40. The summed E-state index contributed by atoms with van der Waals surface area (Å²) < 4.78 is 0. The third kappa shape index (κ3) is 4.09. The molecule has 0 aliphatic heterocycles. The van der Waals surface area contributed by atoms with E-state index >= 15 is 0 Å². The van der Waals surface area contributed by atoms with Crippen LogP contribution in [-0.2, 0) is 0 Å². The summed E-state index contributed by atoms with van der Waals surface area (Å²) >= 11 is 6.31. The average molecular weight is 302 g/mol. The van der Waals surface area contributed by atoms with Gasteiger partial charge in [0.15, 0.2) is 0 Å². The number of rotatable bonds is 6. The zero-order valence-corrected chi connectivity index (χ0v) is 13.8. The van der Waals surface area contributed by atoms with Crippen LogP contribution in [0.3, 0.4) is 0 Å². The van der Waals surface area contributed by atoms with Gasteiger partial charge >= 0.3 is 0 Å². The molecule has 0 aliphatic carbocycles. The molecule has 2 heteroatoms. The smallest absolute Gasteiger partial charge is 0.0438 e. The molecule has 0 aromatic heterocycles. The Morgan fingerprint density at radius 3 is 2.38 bits per heavy atom. The van der Waals surface area contributed by atoms with E-state index in [2.05, 4.69) is 67.7 Å². The Morgan fingerprint density at radius 2 is 1.76 bits per heavy atom. The Hall–Kier alpha value is -1.31. The molecule has 1 nitrogen and oxygen atoms in total. The molecule has 0 amide bonds. The molecule has 2 aromatic carbocycles. The lowest BCUT2D eigenvalue weighted by Crippen LogP contribution is -2.26. The highest BCUT2D eigenvalue weighted by Crippen LogP contribution is 2.32. The van der Waals surface area contributed by atoms with E-state index in [1.807, 2.05) is 6.92 Å². The van der Waals surface area contributed by atoms with Gasteiger partial charge in [0.1, 0.15) is 0 Å². The van der Waals surface area contributed by atoms with Crippen LogP contribution in [0.25, 0.3) is 0 Å². The van der Waals surface area contributed by atoms with Gasteiger partial charge < -0.3 is 5.32 Å². The first-order valence-electron chi connectivity index (χ1n) is 7.68. The van der Waals surface area contributed by atoms with Crippen molar-refractivity contribution in [2.24, 2.45) is 0 Å². The third-order valence-electron chi connectivity index (χ3n) is 3.99. The van der Waals surface area contributed by atoms with Crippen molar-refractivity contribution in [3.8, 4) is 0 Å². The van der Waals surface area contributed by atoms with E-state index in [-0.39, 0.29) is 6.04 Å². The minimum atomic E-state index is 0.283. The van der Waals surface area contributed by atoms with Gasteiger partial charge in [-0.15, -0.1) is 0 Å². The molecule has 2 unspecified atom stereocenters. The second kappa shape index (κ2) is 7.63. The first kappa shape index (κ1) is 16.1. The van der Waals surface area contributed by atoms with Gasteiger partial charge in [0.05, 0.1) is 0 Å². The summed E-state index contributed by atoms with van der Waals surface area (Å²) in [5.74, 6) is 0.400. The highest BCUT2D eigenvalue weighted by atomic mass is 35.5. The van der Waals surface area contributed by atoms with Crippen LogP contribution in [0.15, 0.2) is 48.5 Å². The number of nitrogens with one attached hydrogen (secondary N) is 1. The lowest BCUT2D eigenvalue weighted by Gasteiger charge is -2.26. The summed E-state index contributed by atoms with van der Waals surface area (Å²) in [5, 5.41) is 4.52. The minimum Gasteiger partial charge on any atom is -0.309 e. The van der Waals surface area contributed by atoms with Crippen molar-refractivity contribution in [3.63, 3.8) is 0 Å². The average Bonchev–Trinajstić information content (AvgIpc) is 2.51. The van der Waals surface area contributed by atoms with Crippen molar-refractivity contribution < 1.29 is 0 Å². The Bertz CT molecular complexity index is 565. The first-order valence-corrected chi connectivity index (χ1v) is 8.05. The molecule has 0 saturated carbocycles. The van der Waals surface area contributed by atoms with Crippen LogP contribution >= 0.6 is 11.6 Å². The zero-order valence-electron chi connectivity index (χ0n) is 13.1. The van der Waals surface area contributed by atoms with E-state index < -0.39 is 0 Å². The number of halogens is 1. The Kier molecular flexibility index (Phi) is 5.84. The summed E-state index contributed by atoms with van der Waals surface area (Å²) in [4.78, 5) is 0. The van der Waals surface area contributed by atoms with Gasteiger partial charge in [-0.1, -0.05) is 67.9 Å². The van der Waals surface area contributed by atoms with Gasteiger partial charge in [-0.2, -0.15) is 0 Å². The van der Waals surface area contributed by atoms with Crippen molar-refractivity contribution in [1.29, 1.82) is 0 Å². The fourth-order valence-electron chi connectivity index (χ4n) is 2.63. The predicted molar refractivity (Wildman–Crippen MR) is 92.1 cm³/mol. The molecule has 21 heavy (non-hydrogen) atoms. The Morgan fingerprint density at radius 1 is 1.05 bits per heavy atom. The van der Waals surface area contributed by atoms with Crippen molar-refractivity contribution in [1.82, 2.24) is 5.32 Å². The molecule has 0 radical (unpaired) electrons. The van der Waals surface area contributed by atoms with Crippen molar-refractivity contribution in [2.75, 3.05) is 6.54 Å². The zero-order chi connectivity index (χ0) is 15.2. The molecule has 0 heterocycles. The fourth-order valence-corrected chi connectivity index (χ4v) is 2.82. The summed E-state index contributed by atoms with van der Waals surface area (Å²) in [6, 6.07) is 17.3. The SMILES string of the molecule is CCCNC(c1ccc(C)c(Cl)c1)C(C)c1ccccc1. The molecular weight excluding hydrogens is 278 g/mol. The summed E-state index contributed by atoms with van der Waals surface area (Å²) in [6.45, 7) is 7.52. The lowest BCUT2D eigenvalue weighted by molar-refractivity contribution is 0.466. The normalized spacial score (nSPS) is 13.9. The van der Waals surface area contributed by atoms with Crippen molar-refractivity contribution >= 4 is 11.6 Å². The summed E-state index contributed by atoms with van der Waals surface area (Å²) in [6.07, 6.45) is 1.12. The number of aryl methyl sites for hydroxylation is 1. The maximum absolute atomic E-state index is 6.31. The van der Waals surface area contributed by atoms with E-state index in [1.54, 1.807) is 0 Å². The summed E-state index contributed by atoms with van der Waals surface area (Å²) in [5.41, 5.74) is 3.74. The molecular formula is C19H24ClN. The van der Waals surface area contributed by atoms with E-state index in [0.29, 0.717) is 5.92 Å². The van der Waals surface area contributed by atoms with Gasteiger partial charge in [-0.25, -0.2) is 0 Å². The van der Waals surface area contributed by atoms with Crippen LogP contribution in [0.1, 0.15) is 48.9 Å². The molecule has 0 spiro atoms. The van der Waals surface area contributed by atoms with E-state index in [4.69, 9.17) is 11.6 Å². The standard InChI is InChI=1S/C19H24ClN/c1-4-12-21-19(15(3)16-8-6-5-7-9-16)17-11-10-14(2)18(20)13-17/h5-11,13,15,19,21H,4,12H2,1-3H3. The largest absolute Gasteiger partial charge is 0.309 e. The maximum atomic E-state index is 6.31. The molecule has 112 valence electrons. The van der Waals surface area contributed by atoms with Crippen LogP contribution in [0.5, 0.6) is 0 Å². The van der Waals surface area contributed by atoms with Crippen LogP contribution in [0.2, 0.25) is 5.02 Å². The van der Waals surface area contributed by atoms with E-state index in [1.165, 1.54) is 11.1 Å². The van der Waals surface area contributed by atoms with Gasteiger partial charge in [-0.05, 0) is 42.6 Å². The molecule has 1 N–H and O–H groups in total. The van der Waals surface area contributed by atoms with Crippen molar-refractivity contribution in [2.45, 2.75) is 39.2 Å². The van der Waals surface area contributed by atoms with Crippen LogP contribution < -0.4 is 5.32 Å². The monoisotopic (exact) mass is 301 g/mol. The molecule has 2 rings (SSSR count). The van der Waals surface area contributed by atoms with Gasteiger partial charge in [0.25, 0.3) is 0 Å². The highest BCUT2D eigenvalue weighted by molar-refractivity contribution is 6.31. The van der Waals surface area contributed by atoms with Gasteiger partial charge in [0, 0.05) is 17.0 Å². The molecule has 2 aromatic rings. The Balaban J connectivity index is 2.31. The van der Waals surface area contributed by atoms with E-state index in [0.717, 1.165) is 23.6 Å². The second-order valence-electron chi connectivity index (χ2n) is 5.64. The molecule has 0 fully saturated rings. The number of benzene rings is 2. The molecule has 2 atom stereocenters. The van der Waals surface area contributed by atoms with Crippen LogP contribution in [0.4, 0.5) is 0 Å². The van der Waals surface area contributed by atoms with E-state index in [9.17, 15) is 0 Å². The number of hydrogen-bond donors (Lipinski definition) is 1. The summed E-state index contributed by atoms with van der Waals surface area (Å²) in [7, 11) is 0. The molecule has 0 saturated heterocycles. The quantitative estimate of drug-likeness (QED) is 0.743. The predicted octanol–water partition coefficient (Wildman–Crippen LogP) is 5.49. The van der Waals surface area contributed by atoms with Crippen LogP contribution in [0, 0.1) is 6.92 Å². The lowest BCUT2D eigenvalue weighted by atomic mass is 9.88. The van der Waals surface area contributed by atoms with Crippen molar-refractivity contribution in [3.05, 3.63) is 70.2 Å². The van der Waals surface area contributed by atoms with Gasteiger partial charge in [-0.3, -0.25) is 0 Å². The Labute approximate surface area is 133 Å². The van der Waals surface area contributed by atoms with Crippen LogP contribution in [-0.4, -0.2) is 6.54 Å². The highest BCUT2D eigenvalue weighted by Gasteiger charge is 2.20. The first-order chi connectivity index (χ1) is 10.1. The fraction of sp³-hybridized carbons (Fsp3) is 0.368. The maximum Gasteiger partial charge on any atom is 0.0438 e.